The minimum atomic E-state index is -1.38. The lowest BCUT2D eigenvalue weighted by atomic mass is 9.94. The van der Waals surface area contributed by atoms with Crippen molar-refractivity contribution in [1.82, 2.24) is 0 Å². The Hall–Kier alpha value is -1.62. The largest absolute Gasteiger partial charge is 0.324 e. The molecular weight excluding hydrogens is 350 g/mol. The predicted octanol–water partition coefficient (Wildman–Crippen LogP) is 4.98. The summed E-state index contributed by atoms with van der Waals surface area (Å²) >= 11 is 12.8. The number of fused-ring (bicyclic) bond motifs is 1. The van der Waals surface area contributed by atoms with Crippen LogP contribution in [0.4, 0.5) is 10.1 Å². The maximum atomic E-state index is 13.7. The molecule has 0 spiro atoms. The molecule has 126 valence electrons. The fourth-order valence-electron chi connectivity index (χ4n) is 2.82. The second-order valence-electron chi connectivity index (χ2n) is 5.40. The Morgan fingerprint density at radius 2 is 1.92 bits per heavy atom. The molecule has 6 heteroatoms. The molecule has 0 radical (unpaired) electrons. The number of aliphatic imine (C=N–C) groups is 1. The quantitative estimate of drug-likeness (QED) is 0.562. The third-order valence-corrected chi connectivity index (χ3v) is 4.81. The Morgan fingerprint density at radius 1 is 1.21 bits per heavy atom. The molecule has 0 N–H and O–H groups in total. The Kier molecular flexibility index (Phi) is 4.81. The van der Waals surface area contributed by atoms with E-state index in [0.717, 1.165) is 11.3 Å². The van der Waals surface area contributed by atoms with Crippen LogP contribution in [-0.4, -0.2) is 24.7 Å². The number of hydrogen-bond donors (Lipinski definition) is 0. The smallest absolute Gasteiger partial charge is 0.323 e. The number of rotatable bonds is 4. The van der Waals surface area contributed by atoms with Crippen molar-refractivity contribution >= 4 is 34.6 Å². The number of ether oxygens (including phenoxy) is 1. The average Bonchev–Trinajstić information content (AvgIpc) is 2.59. The molecule has 0 bridgehead atoms. The van der Waals surface area contributed by atoms with E-state index in [1.54, 1.807) is 18.0 Å². The maximum absolute atomic E-state index is 13.7. The van der Waals surface area contributed by atoms with Gasteiger partial charge in [0.2, 0.25) is 0 Å². The van der Waals surface area contributed by atoms with Crippen LogP contribution in [0.15, 0.2) is 47.5 Å². The van der Waals surface area contributed by atoms with E-state index >= 15 is 0 Å². The molecule has 1 unspecified atom stereocenters. The molecule has 0 aromatic heterocycles. The highest BCUT2D eigenvalue weighted by Crippen LogP contribution is 2.41. The van der Waals surface area contributed by atoms with Crippen molar-refractivity contribution in [3.8, 4) is 0 Å². The molecule has 2 aromatic carbocycles. The molecule has 1 aliphatic rings. The summed E-state index contributed by atoms with van der Waals surface area (Å²) in [5.74, 6) is 0. The van der Waals surface area contributed by atoms with Crippen molar-refractivity contribution in [2.45, 2.75) is 18.9 Å². The molecule has 0 saturated heterocycles. The van der Waals surface area contributed by atoms with Crippen molar-refractivity contribution in [2.24, 2.45) is 4.99 Å². The first-order chi connectivity index (χ1) is 11.5. The second kappa shape index (κ2) is 6.71. The summed E-state index contributed by atoms with van der Waals surface area (Å²) < 4.78 is 19.4. The summed E-state index contributed by atoms with van der Waals surface area (Å²) in [5, 5.41) is -1.01. The molecule has 2 aromatic rings. The van der Waals surface area contributed by atoms with E-state index < -0.39 is 12.0 Å². The SMILES string of the molecule is CCOC1(Cl)N=C(c2ccccc2)c2c(ccc(Cl)c2CF)N1C. The molecule has 24 heavy (non-hydrogen) atoms. The van der Waals surface area contributed by atoms with E-state index in [1.807, 2.05) is 43.3 Å². The van der Waals surface area contributed by atoms with Gasteiger partial charge in [-0.15, -0.1) is 0 Å². The minimum Gasteiger partial charge on any atom is -0.324 e. The van der Waals surface area contributed by atoms with Crippen molar-refractivity contribution in [1.29, 1.82) is 0 Å². The summed E-state index contributed by atoms with van der Waals surface area (Å²) in [6, 6.07) is 13.0. The van der Waals surface area contributed by atoms with Gasteiger partial charge in [-0.1, -0.05) is 41.9 Å². The summed E-state index contributed by atoms with van der Waals surface area (Å²) in [7, 11) is 1.77. The second-order valence-corrected chi connectivity index (χ2v) is 6.30. The van der Waals surface area contributed by atoms with E-state index in [1.165, 1.54) is 0 Å². The van der Waals surface area contributed by atoms with Crippen molar-refractivity contribution in [2.75, 3.05) is 18.6 Å². The van der Waals surface area contributed by atoms with Gasteiger partial charge < -0.3 is 9.64 Å². The van der Waals surface area contributed by atoms with E-state index in [2.05, 4.69) is 4.99 Å². The van der Waals surface area contributed by atoms with Crippen molar-refractivity contribution in [3.05, 3.63) is 64.2 Å². The molecular formula is C18H17Cl2FN2O. The zero-order valence-corrected chi connectivity index (χ0v) is 14.9. The van der Waals surface area contributed by atoms with Crippen LogP contribution in [0.25, 0.3) is 0 Å². The number of nitrogens with zero attached hydrogens (tertiary/aromatic N) is 2. The molecule has 0 amide bonds. The highest BCUT2D eigenvalue weighted by molar-refractivity contribution is 6.33. The highest BCUT2D eigenvalue weighted by Gasteiger charge is 2.40. The van der Waals surface area contributed by atoms with Crippen LogP contribution < -0.4 is 4.90 Å². The molecule has 3 nitrogen and oxygen atoms in total. The van der Waals surface area contributed by atoms with Gasteiger partial charge in [0.25, 0.3) is 0 Å². The van der Waals surface area contributed by atoms with Crippen LogP contribution in [0.5, 0.6) is 0 Å². The summed E-state index contributed by atoms with van der Waals surface area (Å²) in [6.45, 7) is 1.55. The van der Waals surface area contributed by atoms with Crippen LogP contribution in [0, 0.1) is 0 Å². The molecule has 0 fully saturated rings. The van der Waals surface area contributed by atoms with Crippen LogP contribution in [0.1, 0.15) is 23.6 Å². The number of halogens is 3. The normalized spacial score (nSPS) is 19.9. The lowest BCUT2D eigenvalue weighted by Gasteiger charge is -2.39. The average molecular weight is 367 g/mol. The molecule has 1 heterocycles. The predicted molar refractivity (Wildman–Crippen MR) is 97.0 cm³/mol. The topological polar surface area (TPSA) is 24.8 Å². The number of anilines is 1. The van der Waals surface area contributed by atoms with Crippen LogP contribution in [0.2, 0.25) is 5.02 Å². The highest BCUT2D eigenvalue weighted by atomic mass is 35.5. The van der Waals surface area contributed by atoms with Crippen LogP contribution in [0.3, 0.4) is 0 Å². The van der Waals surface area contributed by atoms with Gasteiger partial charge in [-0.2, -0.15) is 0 Å². The summed E-state index contributed by atoms with van der Waals surface area (Å²) in [4.78, 5) is 6.30. The number of alkyl halides is 2. The molecule has 1 atom stereocenters. The zero-order valence-electron chi connectivity index (χ0n) is 13.4. The fraction of sp³-hybridized carbons (Fsp3) is 0.278. The van der Waals surface area contributed by atoms with Gasteiger partial charge in [-0.3, -0.25) is 0 Å². The van der Waals surface area contributed by atoms with Crippen molar-refractivity contribution in [3.63, 3.8) is 0 Å². The van der Waals surface area contributed by atoms with Crippen LogP contribution in [-0.2, 0) is 11.4 Å². The lowest BCUT2D eigenvalue weighted by molar-refractivity contribution is 0.0346. The van der Waals surface area contributed by atoms with E-state index in [4.69, 9.17) is 27.9 Å². The number of benzene rings is 2. The van der Waals surface area contributed by atoms with Gasteiger partial charge in [0.15, 0.2) is 0 Å². The maximum Gasteiger partial charge on any atom is 0.323 e. The van der Waals surface area contributed by atoms with Gasteiger partial charge in [0, 0.05) is 35.4 Å². The van der Waals surface area contributed by atoms with Gasteiger partial charge in [-0.25, -0.2) is 9.38 Å². The molecule has 0 saturated carbocycles. The minimum absolute atomic E-state index is 0.367. The molecule has 1 aliphatic heterocycles. The zero-order chi connectivity index (χ0) is 17.3. The number of hydrogen-bond acceptors (Lipinski definition) is 3. The van der Waals surface area contributed by atoms with Gasteiger partial charge in [-0.05, 0) is 30.7 Å². The van der Waals surface area contributed by atoms with E-state index in [-0.39, 0.29) is 0 Å². The standard InChI is InChI=1S/C18H17Cl2FN2O/c1-3-24-18(20)22-17(12-7-5-4-6-8-12)16-13(11-21)14(19)9-10-15(16)23(18)2/h4-10H,3,11H2,1-2H3. The van der Waals surface area contributed by atoms with Gasteiger partial charge in [0.05, 0.1) is 11.4 Å². The van der Waals surface area contributed by atoms with E-state index in [0.29, 0.717) is 28.5 Å². The Balaban J connectivity index is 2.31. The van der Waals surface area contributed by atoms with Gasteiger partial charge in [0.1, 0.15) is 6.67 Å². The van der Waals surface area contributed by atoms with Crippen molar-refractivity contribution < 1.29 is 9.13 Å². The Labute approximate surface area is 150 Å². The Bertz CT molecular complexity index is 782. The fourth-order valence-corrected chi connectivity index (χ4v) is 3.31. The lowest BCUT2D eigenvalue weighted by Crippen LogP contribution is -2.47. The Morgan fingerprint density at radius 3 is 2.54 bits per heavy atom. The first-order valence-electron chi connectivity index (χ1n) is 7.61. The molecule has 3 rings (SSSR count). The van der Waals surface area contributed by atoms with E-state index in [9.17, 15) is 4.39 Å². The first kappa shape index (κ1) is 17.2. The summed E-state index contributed by atoms with van der Waals surface area (Å²) in [6.07, 6.45) is 0. The third-order valence-electron chi connectivity index (χ3n) is 4.00. The first-order valence-corrected chi connectivity index (χ1v) is 8.37. The van der Waals surface area contributed by atoms with Gasteiger partial charge >= 0.3 is 5.31 Å². The third kappa shape index (κ3) is 2.79. The summed E-state index contributed by atoms with van der Waals surface area (Å²) in [5.41, 5.74) is 3.17. The van der Waals surface area contributed by atoms with Crippen LogP contribution >= 0.6 is 23.2 Å². The molecule has 0 aliphatic carbocycles. The monoisotopic (exact) mass is 366 g/mol.